The van der Waals surface area contributed by atoms with E-state index < -0.39 is 17.3 Å². The van der Waals surface area contributed by atoms with E-state index in [0.29, 0.717) is 18.4 Å². The molecule has 0 aliphatic heterocycles. The molecule has 0 aromatic carbocycles. The molecule has 0 spiro atoms. The minimum absolute atomic E-state index is 0.289. The molecule has 0 radical (unpaired) electrons. The van der Waals surface area contributed by atoms with E-state index in [9.17, 15) is 9.59 Å². The summed E-state index contributed by atoms with van der Waals surface area (Å²) in [5, 5.41) is 9.01. The third kappa shape index (κ3) is 12.9. The fraction of sp³-hybridized carbons (Fsp3) is 0.920. The minimum atomic E-state index is -0.872. The Labute approximate surface area is 190 Å². The molecule has 0 aliphatic carbocycles. The van der Waals surface area contributed by atoms with Crippen molar-refractivity contribution in [2.45, 2.75) is 106 Å². The summed E-state index contributed by atoms with van der Waals surface area (Å²) in [5.74, 6) is 1.56. The highest BCUT2D eigenvalue weighted by atomic mass is 32.2. The maximum absolute atomic E-state index is 12.2. The Bertz CT molecular complexity index is 488. The molecular weight excluding hydrogens is 396 g/mol. The molecule has 0 amide bonds. The molecule has 178 valence electrons. The van der Waals surface area contributed by atoms with Crippen molar-refractivity contribution in [3.63, 3.8) is 0 Å². The largest absolute Gasteiger partial charge is 0.481 e. The molecule has 2 atom stereocenters. The predicted octanol–water partition coefficient (Wildman–Crippen LogP) is 7.20. The van der Waals surface area contributed by atoms with Gasteiger partial charge in [-0.25, -0.2) is 0 Å². The summed E-state index contributed by atoms with van der Waals surface area (Å²) in [4.78, 5) is 23.2. The lowest BCUT2D eigenvalue weighted by Crippen LogP contribution is -2.31. The Kier molecular flexibility index (Phi) is 14.8. The number of carbonyl (C=O) groups is 2. The van der Waals surface area contributed by atoms with Crippen LogP contribution in [-0.4, -0.2) is 35.2 Å². The van der Waals surface area contributed by atoms with Crippen LogP contribution in [0.2, 0.25) is 0 Å². The lowest BCUT2D eigenvalue weighted by molar-refractivity contribution is -0.156. The van der Waals surface area contributed by atoms with Crippen molar-refractivity contribution in [1.29, 1.82) is 0 Å². The Morgan fingerprint density at radius 1 is 0.967 bits per heavy atom. The summed E-state index contributed by atoms with van der Waals surface area (Å²) in [6, 6.07) is 0. The maximum Gasteiger partial charge on any atom is 0.311 e. The average Bonchev–Trinajstić information content (AvgIpc) is 2.65. The molecule has 2 unspecified atom stereocenters. The number of carbonyl (C=O) groups excluding carboxylic acids is 1. The van der Waals surface area contributed by atoms with E-state index in [-0.39, 0.29) is 5.97 Å². The zero-order chi connectivity index (χ0) is 23.2. The number of hydrogen-bond donors (Lipinski definition) is 1. The highest BCUT2D eigenvalue weighted by Gasteiger charge is 2.33. The fourth-order valence-electron chi connectivity index (χ4n) is 3.83. The van der Waals surface area contributed by atoms with Crippen molar-refractivity contribution < 1.29 is 19.4 Å². The number of hydrogen-bond acceptors (Lipinski definition) is 4. The molecule has 0 fully saturated rings. The maximum atomic E-state index is 12.2. The molecule has 0 aromatic heterocycles. The van der Waals surface area contributed by atoms with Gasteiger partial charge in [0.05, 0.1) is 17.9 Å². The Hall–Kier alpha value is -0.710. The molecule has 1 N–H and O–H groups in total. The van der Waals surface area contributed by atoms with E-state index in [0.717, 1.165) is 18.8 Å². The average molecular weight is 445 g/mol. The van der Waals surface area contributed by atoms with Crippen LogP contribution in [0.1, 0.15) is 106 Å². The van der Waals surface area contributed by atoms with Gasteiger partial charge in [-0.2, -0.15) is 11.8 Å². The number of thioether (sulfide) groups is 1. The first-order chi connectivity index (χ1) is 13.9. The van der Waals surface area contributed by atoms with E-state index >= 15 is 0 Å². The van der Waals surface area contributed by atoms with Crippen LogP contribution in [0.25, 0.3) is 0 Å². The number of rotatable bonds is 18. The number of carboxylic acids is 1. The van der Waals surface area contributed by atoms with E-state index in [2.05, 4.69) is 39.5 Å². The lowest BCUT2D eigenvalue weighted by Gasteiger charge is -2.31. The summed E-state index contributed by atoms with van der Waals surface area (Å²) >= 11 is 2.07. The zero-order valence-electron chi connectivity index (χ0n) is 20.7. The third-order valence-electron chi connectivity index (χ3n) is 6.36. The second-order valence-electron chi connectivity index (χ2n) is 10.3. The molecule has 0 heterocycles. The molecule has 0 aliphatic rings. The number of esters is 1. The van der Waals surface area contributed by atoms with E-state index in [1.54, 1.807) is 20.8 Å². The summed E-state index contributed by atoms with van der Waals surface area (Å²) in [6.45, 7) is 15.1. The number of carboxylic acid groups (broad SMARTS) is 1. The molecular formula is C25H48O4S. The van der Waals surface area contributed by atoms with Crippen molar-refractivity contribution >= 4 is 23.7 Å². The second kappa shape index (κ2) is 15.2. The van der Waals surface area contributed by atoms with Crippen molar-refractivity contribution in [1.82, 2.24) is 0 Å². The van der Waals surface area contributed by atoms with Crippen molar-refractivity contribution in [2.75, 3.05) is 18.1 Å². The molecule has 4 nitrogen and oxygen atoms in total. The van der Waals surface area contributed by atoms with Crippen molar-refractivity contribution in [3.8, 4) is 0 Å². The van der Waals surface area contributed by atoms with Gasteiger partial charge in [-0.15, -0.1) is 0 Å². The normalized spacial score (nSPS) is 14.4. The van der Waals surface area contributed by atoms with Crippen LogP contribution >= 0.6 is 11.8 Å². The molecule has 0 saturated carbocycles. The van der Waals surface area contributed by atoms with Crippen molar-refractivity contribution in [3.05, 3.63) is 0 Å². The van der Waals surface area contributed by atoms with Gasteiger partial charge in [0, 0.05) is 0 Å². The fourth-order valence-corrected chi connectivity index (χ4v) is 4.81. The van der Waals surface area contributed by atoms with Gasteiger partial charge in [0.1, 0.15) is 0 Å². The standard InChI is InChI=1S/C25H48O4S/c1-8-15-24(4,5)21(3)14-13-18-30-17-12-10-9-11-16-29-23(28)25(6,7)19-20(2)22(26)27/h20-21H,8-19H2,1-7H3,(H,26,27). The lowest BCUT2D eigenvalue weighted by atomic mass is 9.74. The predicted molar refractivity (Wildman–Crippen MR) is 129 cm³/mol. The SMILES string of the molecule is CCCC(C)(C)C(C)CCCSCCCCCCOC(=O)C(C)(C)CC(C)C(=O)O. The Morgan fingerprint density at radius 2 is 1.57 bits per heavy atom. The van der Waals surface area contributed by atoms with Gasteiger partial charge >= 0.3 is 11.9 Å². The first-order valence-corrected chi connectivity index (χ1v) is 13.1. The van der Waals surface area contributed by atoms with Crippen molar-refractivity contribution in [2.24, 2.45) is 22.7 Å². The highest BCUT2D eigenvalue weighted by molar-refractivity contribution is 7.99. The minimum Gasteiger partial charge on any atom is -0.481 e. The summed E-state index contributed by atoms with van der Waals surface area (Å²) in [6.07, 6.45) is 9.86. The van der Waals surface area contributed by atoms with Crippen LogP contribution in [0, 0.1) is 22.7 Å². The number of aliphatic carboxylic acids is 1. The van der Waals surface area contributed by atoms with Gasteiger partial charge in [0.25, 0.3) is 0 Å². The van der Waals surface area contributed by atoms with Gasteiger partial charge in [-0.3, -0.25) is 9.59 Å². The van der Waals surface area contributed by atoms with Crippen LogP contribution in [0.15, 0.2) is 0 Å². The first kappa shape index (κ1) is 29.3. The molecule has 0 rings (SSSR count). The van der Waals surface area contributed by atoms with E-state index in [1.165, 1.54) is 50.0 Å². The van der Waals surface area contributed by atoms with E-state index in [4.69, 9.17) is 9.84 Å². The van der Waals surface area contributed by atoms with Gasteiger partial charge in [-0.05, 0) is 75.2 Å². The smallest absolute Gasteiger partial charge is 0.311 e. The summed E-state index contributed by atoms with van der Waals surface area (Å²) in [7, 11) is 0. The second-order valence-corrected chi connectivity index (χ2v) is 11.5. The number of ether oxygens (including phenoxy) is 1. The molecule has 30 heavy (non-hydrogen) atoms. The van der Waals surface area contributed by atoms with Gasteiger partial charge < -0.3 is 9.84 Å². The molecule has 0 saturated heterocycles. The van der Waals surface area contributed by atoms with Crippen LogP contribution in [0.3, 0.4) is 0 Å². The first-order valence-electron chi connectivity index (χ1n) is 11.9. The summed E-state index contributed by atoms with van der Waals surface area (Å²) < 4.78 is 5.38. The number of unbranched alkanes of at least 4 members (excludes halogenated alkanes) is 3. The van der Waals surface area contributed by atoms with Crippen LogP contribution in [0.4, 0.5) is 0 Å². The topological polar surface area (TPSA) is 63.6 Å². The zero-order valence-corrected chi connectivity index (χ0v) is 21.5. The van der Waals surface area contributed by atoms with Crippen LogP contribution in [0.5, 0.6) is 0 Å². The van der Waals surface area contributed by atoms with Crippen LogP contribution in [-0.2, 0) is 14.3 Å². The highest BCUT2D eigenvalue weighted by Crippen LogP contribution is 2.34. The summed E-state index contributed by atoms with van der Waals surface area (Å²) in [5.41, 5.74) is -0.287. The monoisotopic (exact) mass is 444 g/mol. The Morgan fingerprint density at radius 3 is 2.17 bits per heavy atom. The van der Waals surface area contributed by atoms with Crippen LogP contribution < -0.4 is 0 Å². The molecule has 0 aromatic rings. The quantitative estimate of drug-likeness (QED) is 0.179. The van der Waals surface area contributed by atoms with Gasteiger partial charge in [0.15, 0.2) is 0 Å². The Balaban J connectivity index is 3.68. The third-order valence-corrected chi connectivity index (χ3v) is 7.52. The molecule has 0 bridgehead atoms. The van der Waals surface area contributed by atoms with Gasteiger partial charge in [-0.1, -0.05) is 53.9 Å². The van der Waals surface area contributed by atoms with E-state index in [1.807, 2.05) is 0 Å². The van der Waals surface area contributed by atoms with Gasteiger partial charge in [0.2, 0.25) is 0 Å². The molecule has 5 heteroatoms.